The van der Waals surface area contributed by atoms with E-state index in [1.165, 1.54) is 33.3 Å². The summed E-state index contributed by atoms with van der Waals surface area (Å²) in [4.78, 5) is 0. The lowest BCUT2D eigenvalue weighted by molar-refractivity contribution is -0.686. The minimum atomic E-state index is 0.123. The molecule has 40 heavy (non-hydrogen) atoms. The largest absolute Gasteiger partial charge is 0.493 e. The van der Waals surface area contributed by atoms with Crippen LogP contribution in [-0.4, -0.2) is 20.3 Å². The van der Waals surface area contributed by atoms with E-state index in [0.29, 0.717) is 19.8 Å². The number of methoxy groups -OCH3 is 1. The number of aryl methyl sites for hydroxylation is 3. The minimum Gasteiger partial charge on any atom is -0.493 e. The minimum absolute atomic E-state index is 0.123. The van der Waals surface area contributed by atoms with E-state index in [-0.39, 0.29) is 5.41 Å². The Balaban J connectivity index is 1.60. The molecule has 0 saturated heterocycles. The van der Waals surface area contributed by atoms with Crippen molar-refractivity contribution in [3.8, 4) is 34.3 Å². The summed E-state index contributed by atoms with van der Waals surface area (Å²) in [5.74, 6) is 3.16. The van der Waals surface area contributed by atoms with Crippen LogP contribution in [0.1, 0.15) is 63.8 Å². The van der Waals surface area contributed by atoms with Crippen LogP contribution in [0.25, 0.3) is 22.0 Å². The summed E-state index contributed by atoms with van der Waals surface area (Å²) >= 11 is 0. The average molecular weight is 541 g/mol. The second kappa shape index (κ2) is 11.4. The van der Waals surface area contributed by atoms with Crippen LogP contribution in [0.3, 0.4) is 0 Å². The molecule has 0 fully saturated rings. The molecule has 210 valence electrons. The number of fused-ring (bicyclic) bond motifs is 4. The number of nitrogens with zero attached hydrogens (tertiary/aromatic N) is 1. The van der Waals surface area contributed by atoms with Crippen molar-refractivity contribution in [3.05, 3.63) is 77.0 Å². The van der Waals surface area contributed by atoms with Gasteiger partial charge >= 0.3 is 0 Å². The summed E-state index contributed by atoms with van der Waals surface area (Å²) in [5, 5.41) is 2.26. The first-order chi connectivity index (χ1) is 19.3. The summed E-state index contributed by atoms with van der Waals surface area (Å²) in [6.07, 6.45) is 4.06. The Morgan fingerprint density at radius 3 is 2.12 bits per heavy atom. The maximum Gasteiger partial charge on any atom is 0.216 e. The van der Waals surface area contributed by atoms with Crippen molar-refractivity contribution in [3.63, 3.8) is 0 Å². The maximum absolute atomic E-state index is 6.53. The van der Waals surface area contributed by atoms with Crippen molar-refractivity contribution in [2.45, 2.75) is 73.0 Å². The second-order valence-corrected chi connectivity index (χ2v) is 11.4. The molecule has 5 rings (SSSR count). The lowest BCUT2D eigenvalue weighted by atomic mass is 9.87. The molecule has 1 aromatic heterocycles. The number of aromatic nitrogens is 1. The van der Waals surface area contributed by atoms with Gasteiger partial charge in [0.05, 0.1) is 31.3 Å². The van der Waals surface area contributed by atoms with Crippen molar-refractivity contribution in [1.29, 1.82) is 0 Å². The van der Waals surface area contributed by atoms with Crippen molar-refractivity contribution < 1.29 is 23.5 Å². The molecule has 0 radical (unpaired) electrons. The first kappa shape index (κ1) is 27.8. The fourth-order valence-electron chi connectivity index (χ4n) is 5.72. The quantitative estimate of drug-likeness (QED) is 0.205. The van der Waals surface area contributed by atoms with Crippen LogP contribution >= 0.6 is 0 Å². The molecule has 5 heteroatoms. The third kappa shape index (κ3) is 5.22. The number of hydrogen-bond donors (Lipinski definition) is 0. The van der Waals surface area contributed by atoms with Gasteiger partial charge in [-0.2, -0.15) is 4.57 Å². The normalized spacial score (nSPS) is 12.6. The Morgan fingerprint density at radius 2 is 1.50 bits per heavy atom. The molecule has 1 aliphatic heterocycles. The van der Waals surface area contributed by atoms with Gasteiger partial charge in [0.15, 0.2) is 35.7 Å². The Morgan fingerprint density at radius 1 is 0.800 bits per heavy atom. The number of benzene rings is 3. The zero-order valence-corrected chi connectivity index (χ0v) is 25.0. The molecule has 3 aromatic carbocycles. The molecule has 0 saturated carbocycles. The average Bonchev–Trinajstić information content (AvgIpc) is 2.95. The predicted octanol–water partition coefficient (Wildman–Crippen LogP) is 7.60. The Kier molecular flexibility index (Phi) is 7.93. The van der Waals surface area contributed by atoms with Crippen molar-refractivity contribution in [2.75, 3.05) is 20.3 Å². The smallest absolute Gasteiger partial charge is 0.216 e. The van der Waals surface area contributed by atoms with Crippen LogP contribution in [0, 0.1) is 0 Å². The highest BCUT2D eigenvalue weighted by atomic mass is 16.5. The van der Waals surface area contributed by atoms with Crippen LogP contribution in [0.4, 0.5) is 0 Å². The van der Waals surface area contributed by atoms with E-state index in [9.17, 15) is 0 Å². The highest BCUT2D eigenvalue weighted by molar-refractivity contribution is 5.95. The van der Waals surface area contributed by atoms with E-state index in [0.717, 1.165) is 53.3 Å². The molecule has 0 amide bonds. The van der Waals surface area contributed by atoms with Gasteiger partial charge in [0.25, 0.3) is 0 Å². The summed E-state index contributed by atoms with van der Waals surface area (Å²) in [7, 11) is 1.71. The Bertz CT molecular complexity index is 1520. The molecule has 0 aliphatic carbocycles. The number of hydrogen-bond acceptors (Lipinski definition) is 4. The topological polar surface area (TPSA) is 40.8 Å². The molecule has 0 bridgehead atoms. The third-order valence-corrected chi connectivity index (χ3v) is 7.77. The molecular formula is C35H42NO4+. The van der Waals surface area contributed by atoms with Crippen LogP contribution in [0.5, 0.6) is 23.0 Å². The zero-order valence-electron chi connectivity index (χ0n) is 25.0. The van der Waals surface area contributed by atoms with Crippen LogP contribution < -0.4 is 23.5 Å². The summed E-state index contributed by atoms with van der Waals surface area (Å²) in [6, 6.07) is 17.3. The van der Waals surface area contributed by atoms with Gasteiger partial charge in [0.1, 0.15) is 6.61 Å². The third-order valence-electron chi connectivity index (χ3n) is 7.77. The van der Waals surface area contributed by atoms with Gasteiger partial charge in [-0.25, -0.2) is 0 Å². The SMILES string of the molecule is CCOc1cc2c(cc1OCC)-c1c(CC)c3ccc(OC)c(OCc4ccc(C(C)(C)C)cc4)c3c[n+]1CC2. The standard InChI is InChI=1S/C35H42NO4/c1-8-26-27-15-16-30(37-7)34(40-22-23-11-13-25(14-12-23)35(4,5)6)29(27)21-36-18-17-24-19-31(38-9-2)32(39-10-3)20-28(24)33(26)36/h11-16,19-21H,8-10,17-18,22H2,1-7H3/q+1. The van der Waals surface area contributed by atoms with E-state index in [1.807, 2.05) is 19.9 Å². The van der Waals surface area contributed by atoms with Crippen LogP contribution in [-0.2, 0) is 31.4 Å². The Hall–Kier alpha value is -3.73. The first-order valence-electron chi connectivity index (χ1n) is 14.5. The molecular weight excluding hydrogens is 498 g/mol. The van der Waals surface area contributed by atoms with Crippen LogP contribution in [0.15, 0.2) is 54.7 Å². The van der Waals surface area contributed by atoms with Gasteiger partial charge in [0, 0.05) is 17.4 Å². The highest BCUT2D eigenvalue weighted by Crippen LogP contribution is 2.43. The first-order valence-corrected chi connectivity index (χ1v) is 14.5. The van der Waals surface area contributed by atoms with Gasteiger partial charge in [0.2, 0.25) is 5.69 Å². The van der Waals surface area contributed by atoms with E-state index < -0.39 is 0 Å². The zero-order chi connectivity index (χ0) is 28.4. The van der Waals surface area contributed by atoms with Crippen molar-refractivity contribution >= 4 is 10.8 Å². The number of ether oxygens (including phenoxy) is 4. The molecule has 0 spiro atoms. The van der Waals surface area contributed by atoms with Crippen molar-refractivity contribution in [2.24, 2.45) is 0 Å². The Labute approximate surface area is 238 Å². The number of pyridine rings is 1. The van der Waals surface area contributed by atoms with Crippen LogP contribution in [0.2, 0.25) is 0 Å². The van der Waals surface area contributed by atoms with E-state index in [2.05, 4.69) is 80.9 Å². The summed E-state index contributed by atoms with van der Waals surface area (Å²) in [6.45, 7) is 15.5. The molecule has 5 nitrogen and oxygen atoms in total. The molecule has 0 unspecified atom stereocenters. The maximum atomic E-state index is 6.53. The lowest BCUT2D eigenvalue weighted by Gasteiger charge is -2.22. The fourth-order valence-corrected chi connectivity index (χ4v) is 5.72. The van der Waals surface area contributed by atoms with E-state index in [1.54, 1.807) is 7.11 Å². The number of rotatable bonds is 9. The van der Waals surface area contributed by atoms with Gasteiger partial charge in [-0.1, -0.05) is 52.0 Å². The van der Waals surface area contributed by atoms with Crippen molar-refractivity contribution in [1.82, 2.24) is 0 Å². The highest BCUT2D eigenvalue weighted by Gasteiger charge is 2.31. The van der Waals surface area contributed by atoms with Gasteiger partial charge in [-0.15, -0.1) is 0 Å². The van der Waals surface area contributed by atoms with Gasteiger partial charge < -0.3 is 18.9 Å². The van der Waals surface area contributed by atoms with E-state index in [4.69, 9.17) is 18.9 Å². The molecule has 2 heterocycles. The van der Waals surface area contributed by atoms with Gasteiger partial charge in [-0.3, -0.25) is 0 Å². The second-order valence-electron chi connectivity index (χ2n) is 11.4. The molecule has 4 aromatic rings. The molecule has 1 aliphatic rings. The summed E-state index contributed by atoms with van der Waals surface area (Å²) < 4.78 is 26.7. The lowest BCUT2D eigenvalue weighted by Crippen LogP contribution is -2.41. The molecule has 0 atom stereocenters. The monoisotopic (exact) mass is 540 g/mol. The predicted molar refractivity (Wildman–Crippen MR) is 161 cm³/mol. The fraction of sp³-hybridized carbons (Fsp3) is 0.400. The summed E-state index contributed by atoms with van der Waals surface area (Å²) in [5.41, 5.74) is 7.63. The van der Waals surface area contributed by atoms with Gasteiger partial charge in [-0.05, 0) is 66.6 Å². The van der Waals surface area contributed by atoms with E-state index >= 15 is 0 Å². The molecule has 0 N–H and O–H groups in total.